The Labute approximate surface area is 153 Å². The summed E-state index contributed by atoms with van der Waals surface area (Å²) in [6.45, 7) is 1.06. The normalized spacial score (nSPS) is 25.8. The second kappa shape index (κ2) is 7.18. The lowest BCUT2D eigenvalue weighted by atomic mass is 9.96. The molecule has 0 saturated carbocycles. The summed E-state index contributed by atoms with van der Waals surface area (Å²) in [4.78, 5) is 11.1. The maximum absolute atomic E-state index is 6.17. The summed E-state index contributed by atoms with van der Waals surface area (Å²) in [5.41, 5.74) is 2.19. The van der Waals surface area contributed by atoms with Crippen molar-refractivity contribution < 1.29 is 0 Å². The van der Waals surface area contributed by atoms with Crippen molar-refractivity contribution in [1.29, 1.82) is 0 Å². The number of rotatable bonds is 5. The standard InChI is InChI=1S/C19H24ClN5/c1-21-17-18(20)22-12-23-19(17)24-14-9-15-7-8-16(10-14)25(15)11-13-5-3-2-4-6-13/h2-6,12,14-16,21H,7-11H2,1H3,(H,22,23,24). The highest BCUT2D eigenvalue weighted by atomic mass is 35.5. The average Bonchev–Trinajstić information content (AvgIpc) is 2.86. The van der Waals surface area contributed by atoms with E-state index in [1.165, 1.54) is 24.7 Å². The molecule has 3 heterocycles. The lowest BCUT2D eigenvalue weighted by molar-refractivity contribution is 0.124. The quantitative estimate of drug-likeness (QED) is 0.797. The fourth-order valence-corrected chi connectivity index (χ4v) is 4.56. The van der Waals surface area contributed by atoms with Crippen LogP contribution in [0.4, 0.5) is 11.5 Å². The molecule has 2 N–H and O–H groups in total. The van der Waals surface area contributed by atoms with Crippen LogP contribution in [0.2, 0.25) is 5.15 Å². The maximum atomic E-state index is 6.17. The first kappa shape index (κ1) is 16.6. The number of aromatic nitrogens is 2. The predicted molar refractivity (Wildman–Crippen MR) is 102 cm³/mol. The van der Waals surface area contributed by atoms with E-state index in [0.29, 0.717) is 23.3 Å². The van der Waals surface area contributed by atoms with Crippen molar-refractivity contribution in [3.05, 3.63) is 47.4 Å². The third kappa shape index (κ3) is 3.44. The van der Waals surface area contributed by atoms with Crippen molar-refractivity contribution in [2.75, 3.05) is 17.7 Å². The molecule has 6 heteroatoms. The Morgan fingerprint density at radius 2 is 1.84 bits per heavy atom. The Morgan fingerprint density at radius 1 is 1.12 bits per heavy atom. The molecule has 2 fully saturated rings. The van der Waals surface area contributed by atoms with Crippen LogP contribution in [0.3, 0.4) is 0 Å². The van der Waals surface area contributed by atoms with Gasteiger partial charge in [-0.25, -0.2) is 9.97 Å². The number of benzene rings is 1. The van der Waals surface area contributed by atoms with E-state index < -0.39 is 0 Å². The number of halogens is 1. The molecule has 2 aromatic rings. The summed E-state index contributed by atoms with van der Waals surface area (Å²) in [6, 6.07) is 12.5. The monoisotopic (exact) mass is 357 g/mol. The molecule has 5 nitrogen and oxygen atoms in total. The van der Waals surface area contributed by atoms with Gasteiger partial charge < -0.3 is 10.6 Å². The fraction of sp³-hybridized carbons (Fsp3) is 0.474. The van der Waals surface area contributed by atoms with Gasteiger partial charge in [-0.15, -0.1) is 0 Å². The van der Waals surface area contributed by atoms with Crippen molar-refractivity contribution in [3.8, 4) is 0 Å². The van der Waals surface area contributed by atoms with Crippen molar-refractivity contribution in [3.63, 3.8) is 0 Å². The van der Waals surface area contributed by atoms with E-state index in [2.05, 4.69) is 55.8 Å². The van der Waals surface area contributed by atoms with Crippen LogP contribution in [0.5, 0.6) is 0 Å². The summed E-state index contributed by atoms with van der Waals surface area (Å²) in [6.07, 6.45) is 6.39. The molecule has 2 saturated heterocycles. The zero-order valence-electron chi connectivity index (χ0n) is 14.5. The van der Waals surface area contributed by atoms with E-state index in [0.717, 1.165) is 30.9 Å². The lowest BCUT2D eigenvalue weighted by Gasteiger charge is -2.39. The highest BCUT2D eigenvalue weighted by Crippen LogP contribution is 2.38. The zero-order chi connectivity index (χ0) is 17.2. The van der Waals surface area contributed by atoms with Crippen molar-refractivity contribution in [1.82, 2.24) is 14.9 Å². The number of nitrogens with one attached hydrogen (secondary N) is 2. The van der Waals surface area contributed by atoms with E-state index in [1.807, 2.05) is 7.05 Å². The van der Waals surface area contributed by atoms with Gasteiger partial charge >= 0.3 is 0 Å². The molecule has 25 heavy (non-hydrogen) atoms. The van der Waals surface area contributed by atoms with Crippen LogP contribution in [0.1, 0.15) is 31.2 Å². The first-order valence-electron chi connectivity index (χ1n) is 8.99. The summed E-state index contributed by atoms with van der Waals surface area (Å²) >= 11 is 6.17. The first-order chi connectivity index (χ1) is 12.2. The van der Waals surface area contributed by atoms with Gasteiger partial charge in [0.2, 0.25) is 0 Å². The van der Waals surface area contributed by atoms with Gasteiger partial charge in [0.1, 0.15) is 12.0 Å². The summed E-state index contributed by atoms with van der Waals surface area (Å²) < 4.78 is 0. The average molecular weight is 358 g/mol. The van der Waals surface area contributed by atoms with Crippen LogP contribution in [0.15, 0.2) is 36.7 Å². The van der Waals surface area contributed by atoms with Gasteiger partial charge in [0.15, 0.2) is 11.0 Å². The molecule has 0 radical (unpaired) electrons. The van der Waals surface area contributed by atoms with Gasteiger partial charge in [-0.1, -0.05) is 41.9 Å². The van der Waals surface area contributed by atoms with Crippen LogP contribution in [-0.4, -0.2) is 40.0 Å². The number of piperidine rings is 1. The maximum Gasteiger partial charge on any atom is 0.157 e. The number of fused-ring (bicyclic) bond motifs is 2. The topological polar surface area (TPSA) is 53.1 Å². The van der Waals surface area contributed by atoms with Gasteiger partial charge in [-0.2, -0.15) is 0 Å². The van der Waals surface area contributed by atoms with E-state index in [4.69, 9.17) is 11.6 Å². The van der Waals surface area contributed by atoms with Gasteiger partial charge in [-0.3, -0.25) is 4.90 Å². The number of nitrogens with zero attached hydrogens (tertiary/aromatic N) is 3. The summed E-state index contributed by atoms with van der Waals surface area (Å²) in [7, 11) is 1.85. The molecule has 1 aromatic carbocycles. The second-order valence-corrected chi connectivity index (χ2v) is 7.35. The Hall–Kier alpha value is -1.85. The molecular weight excluding hydrogens is 334 g/mol. The minimum atomic E-state index is 0.433. The van der Waals surface area contributed by atoms with Gasteiger partial charge in [0, 0.05) is 31.7 Å². The largest absolute Gasteiger partial charge is 0.383 e. The van der Waals surface area contributed by atoms with Crippen LogP contribution >= 0.6 is 11.6 Å². The summed E-state index contributed by atoms with van der Waals surface area (Å²) in [5.74, 6) is 0.809. The molecule has 2 bridgehead atoms. The highest BCUT2D eigenvalue weighted by Gasteiger charge is 2.40. The molecule has 2 atom stereocenters. The molecular formula is C19H24ClN5. The number of hydrogen-bond donors (Lipinski definition) is 2. The van der Waals surface area contributed by atoms with Crippen LogP contribution in [-0.2, 0) is 6.54 Å². The lowest BCUT2D eigenvalue weighted by Crippen LogP contribution is -2.46. The van der Waals surface area contributed by atoms with E-state index >= 15 is 0 Å². The van der Waals surface area contributed by atoms with Crippen LogP contribution in [0.25, 0.3) is 0 Å². The Bertz CT molecular complexity index is 709. The molecule has 0 aliphatic carbocycles. The Morgan fingerprint density at radius 3 is 2.52 bits per heavy atom. The Kier molecular flexibility index (Phi) is 4.77. The SMILES string of the molecule is CNc1c(Cl)ncnc1NC1CC2CCC(C1)N2Cc1ccccc1. The third-order valence-electron chi connectivity index (χ3n) is 5.48. The van der Waals surface area contributed by atoms with Crippen molar-refractivity contribution in [2.45, 2.75) is 50.4 Å². The number of anilines is 2. The predicted octanol–water partition coefficient (Wildman–Crippen LogP) is 3.78. The van der Waals surface area contributed by atoms with Crippen LogP contribution in [0, 0.1) is 0 Å². The van der Waals surface area contributed by atoms with Crippen molar-refractivity contribution in [2.24, 2.45) is 0 Å². The van der Waals surface area contributed by atoms with E-state index in [1.54, 1.807) is 0 Å². The fourth-order valence-electron chi connectivity index (χ4n) is 4.33. The molecule has 2 unspecified atom stereocenters. The third-order valence-corrected chi connectivity index (χ3v) is 5.77. The Balaban J connectivity index is 1.44. The molecule has 2 aliphatic rings. The van der Waals surface area contributed by atoms with E-state index in [-0.39, 0.29) is 0 Å². The molecule has 1 aromatic heterocycles. The van der Waals surface area contributed by atoms with Crippen molar-refractivity contribution >= 4 is 23.1 Å². The molecule has 4 rings (SSSR count). The molecule has 0 amide bonds. The zero-order valence-corrected chi connectivity index (χ0v) is 15.2. The van der Waals surface area contributed by atoms with Gasteiger partial charge in [0.25, 0.3) is 0 Å². The second-order valence-electron chi connectivity index (χ2n) is 6.99. The van der Waals surface area contributed by atoms with Crippen LogP contribution < -0.4 is 10.6 Å². The number of hydrogen-bond acceptors (Lipinski definition) is 5. The minimum absolute atomic E-state index is 0.433. The molecule has 132 valence electrons. The van der Waals surface area contributed by atoms with Gasteiger partial charge in [-0.05, 0) is 31.2 Å². The van der Waals surface area contributed by atoms with Gasteiger partial charge in [0.05, 0.1) is 0 Å². The summed E-state index contributed by atoms with van der Waals surface area (Å²) in [5, 5.41) is 7.17. The highest BCUT2D eigenvalue weighted by molar-refractivity contribution is 6.32. The first-order valence-corrected chi connectivity index (χ1v) is 9.37. The van der Waals surface area contributed by atoms with E-state index in [9.17, 15) is 0 Å². The molecule has 2 aliphatic heterocycles. The smallest absolute Gasteiger partial charge is 0.157 e. The molecule has 0 spiro atoms. The minimum Gasteiger partial charge on any atom is -0.383 e.